The smallest absolute Gasteiger partial charge is 0.354 e. The molecule has 0 aromatic carbocycles. The van der Waals surface area contributed by atoms with Crippen molar-refractivity contribution >= 4 is 5.95 Å². The molecule has 0 saturated carbocycles. The van der Waals surface area contributed by atoms with Crippen molar-refractivity contribution in [1.82, 2.24) is 14.5 Å². The van der Waals surface area contributed by atoms with E-state index in [0.29, 0.717) is 6.42 Å². The number of nitrogens with two attached hydrogens (primary N) is 1. The summed E-state index contributed by atoms with van der Waals surface area (Å²) in [6.07, 6.45) is -0.401. The standard InChI is InChI=1S/C10H15N4O4/c1-2-3-5-6(15)7(16)8(18-5)14-4-12-9(11)13-10(14)17/h2,4-8,15-16H,3H2,1H3,(H2,11,13,17)/t5-,6-,7-,8?/m1/s1. The molecule has 0 amide bonds. The molecule has 1 radical (unpaired) electrons. The highest BCUT2D eigenvalue weighted by molar-refractivity contribution is 5.10. The lowest BCUT2D eigenvalue weighted by Crippen LogP contribution is -2.36. The number of aliphatic hydroxyl groups excluding tert-OH is 2. The van der Waals surface area contributed by atoms with Crippen molar-refractivity contribution in [3.05, 3.63) is 23.2 Å². The van der Waals surface area contributed by atoms with Crippen LogP contribution >= 0.6 is 0 Å². The molecule has 4 atom stereocenters. The van der Waals surface area contributed by atoms with Gasteiger partial charge in [-0.2, -0.15) is 4.98 Å². The van der Waals surface area contributed by atoms with Crippen LogP contribution in [0, 0.1) is 6.42 Å². The molecule has 8 nitrogen and oxygen atoms in total. The van der Waals surface area contributed by atoms with Crippen molar-refractivity contribution < 1.29 is 14.9 Å². The second kappa shape index (κ2) is 5.01. The van der Waals surface area contributed by atoms with Crippen molar-refractivity contribution in [2.24, 2.45) is 0 Å². The van der Waals surface area contributed by atoms with Crippen molar-refractivity contribution in [3.63, 3.8) is 0 Å². The first-order chi connectivity index (χ1) is 8.54. The van der Waals surface area contributed by atoms with Crippen molar-refractivity contribution in [2.45, 2.75) is 37.9 Å². The summed E-state index contributed by atoms with van der Waals surface area (Å²) in [6, 6.07) is 0. The lowest BCUT2D eigenvalue weighted by atomic mass is 10.1. The SMILES string of the molecule is C[CH]C[C@H]1OC(n2cnc(N)nc2=O)[C@H](O)[C@@H]1O. The minimum Gasteiger partial charge on any atom is -0.388 e. The highest BCUT2D eigenvalue weighted by Gasteiger charge is 2.43. The van der Waals surface area contributed by atoms with E-state index in [0.717, 1.165) is 10.9 Å². The summed E-state index contributed by atoms with van der Waals surface area (Å²) in [7, 11) is 0. The second-order valence-corrected chi connectivity index (χ2v) is 4.09. The lowest BCUT2D eigenvalue weighted by molar-refractivity contribution is -0.0401. The number of nitrogen functional groups attached to an aromatic ring is 1. The van der Waals surface area contributed by atoms with Gasteiger partial charge in [0.25, 0.3) is 0 Å². The van der Waals surface area contributed by atoms with Gasteiger partial charge in [0.2, 0.25) is 5.95 Å². The number of rotatable bonds is 3. The number of ether oxygens (including phenoxy) is 1. The van der Waals surface area contributed by atoms with E-state index >= 15 is 0 Å². The number of anilines is 1. The molecule has 99 valence electrons. The van der Waals surface area contributed by atoms with Gasteiger partial charge < -0.3 is 20.7 Å². The first kappa shape index (κ1) is 12.9. The molecule has 18 heavy (non-hydrogen) atoms. The highest BCUT2D eigenvalue weighted by atomic mass is 16.6. The normalized spacial score (nSPS) is 31.7. The fourth-order valence-electron chi connectivity index (χ4n) is 1.92. The Morgan fingerprint density at radius 1 is 1.56 bits per heavy atom. The zero-order valence-corrected chi connectivity index (χ0v) is 9.80. The minimum atomic E-state index is -1.21. The summed E-state index contributed by atoms with van der Waals surface area (Å²) < 4.78 is 6.46. The fourth-order valence-corrected chi connectivity index (χ4v) is 1.92. The second-order valence-electron chi connectivity index (χ2n) is 4.09. The Hall–Kier alpha value is -1.51. The zero-order chi connectivity index (χ0) is 13.3. The number of hydrogen-bond donors (Lipinski definition) is 3. The third-order valence-corrected chi connectivity index (χ3v) is 2.82. The number of nitrogens with zero attached hydrogens (tertiary/aromatic N) is 3. The first-order valence-corrected chi connectivity index (χ1v) is 5.54. The van der Waals surface area contributed by atoms with Gasteiger partial charge >= 0.3 is 5.69 Å². The summed E-state index contributed by atoms with van der Waals surface area (Å²) in [6.45, 7) is 1.81. The van der Waals surface area contributed by atoms with Gasteiger partial charge in [-0.1, -0.05) is 6.92 Å². The van der Waals surface area contributed by atoms with Crippen molar-refractivity contribution in [3.8, 4) is 0 Å². The van der Waals surface area contributed by atoms with Crippen LogP contribution in [0.2, 0.25) is 0 Å². The van der Waals surface area contributed by atoms with Crippen LogP contribution in [0.4, 0.5) is 5.95 Å². The largest absolute Gasteiger partial charge is 0.388 e. The summed E-state index contributed by atoms with van der Waals surface area (Å²) in [5.74, 6) is -0.150. The molecule has 1 aromatic rings. The van der Waals surface area contributed by atoms with Gasteiger partial charge in [0.15, 0.2) is 6.23 Å². The number of aliphatic hydroxyl groups is 2. The van der Waals surface area contributed by atoms with E-state index in [4.69, 9.17) is 10.5 Å². The first-order valence-electron chi connectivity index (χ1n) is 5.54. The summed E-state index contributed by atoms with van der Waals surface area (Å²) >= 11 is 0. The Bertz CT molecular complexity index is 477. The molecular formula is C10H15N4O4. The molecule has 1 unspecified atom stereocenters. The summed E-state index contributed by atoms with van der Waals surface area (Å²) in [4.78, 5) is 18.7. The predicted molar refractivity (Wildman–Crippen MR) is 61.2 cm³/mol. The molecule has 1 aromatic heterocycles. The van der Waals surface area contributed by atoms with Crippen LogP contribution in [0.15, 0.2) is 11.1 Å². The monoisotopic (exact) mass is 255 g/mol. The third kappa shape index (κ3) is 2.22. The van der Waals surface area contributed by atoms with E-state index in [1.54, 1.807) is 0 Å². The van der Waals surface area contributed by atoms with Crippen LogP contribution in [0.1, 0.15) is 19.6 Å². The quantitative estimate of drug-likeness (QED) is 0.597. The van der Waals surface area contributed by atoms with Gasteiger partial charge in [0.1, 0.15) is 18.5 Å². The van der Waals surface area contributed by atoms with Crippen molar-refractivity contribution in [2.75, 3.05) is 5.73 Å². The van der Waals surface area contributed by atoms with Crippen LogP contribution in [-0.2, 0) is 4.74 Å². The molecule has 1 saturated heterocycles. The molecule has 8 heteroatoms. The molecule has 1 aliphatic heterocycles. The molecule has 4 N–H and O–H groups in total. The van der Waals surface area contributed by atoms with Crippen LogP contribution < -0.4 is 11.4 Å². The Morgan fingerprint density at radius 3 is 2.89 bits per heavy atom. The molecular weight excluding hydrogens is 240 g/mol. The van der Waals surface area contributed by atoms with Gasteiger partial charge in [-0.05, 0) is 12.8 Å². The average Bonchev–Trinajstić information content (AvgIpc) is 2.58. The molecule has 0 aliphatic carbocycles. The van der Waals surface area contributed by atoms with Gasteiger partial charge in [0, 0.05) is 0 Å². The van der Waals surface area contributed by atoms with Gasteiger partial charge in [-0.15, -0.1) is 0 Å². The van der Waals surface area contributed by atoms with Crippen LogP contribution in [0.5, 0.6) is 0 Å². The molecule has 2 heterocycles. The Morgan fingerprint density at radius 2 is 2.28 bits per heavy atom. The Balaban J connectivity index is 2.26. The molecule has 2 rings (SSSR count). The highest BCUT2D eigenvalue weighted by Crippen LogP contribution is 2.30. The zero-order valence-electron chi connectivity index (χ0n) is 9.80. The van der Waals surface area contributed by atoms with Crippen LogP contribution in [0.3, 0.4) is 0 Å². The van der Waals surface area contributed by atoms with Gasteiger partial charge in [0.05, 0.1) is 6.10 Å². The maximum Gasteiger partial charge on any atom is 0.354 e. The molecule has 0 spiro atoms. The van der Waals surface area contributed by atoms with E-state index in [2.05, 4.69) is 9.97 Å². The van der Waals surface area contributed by atoms with E-state index < -0.39 is 30.2 Å². The van der Waals surface area contributed by atoms with Gasteiger partial charge in [-0.3, -0.25) is 4.57 Å². The van der Waals surface area contributed by atoms with E-state index in [1.807, 2.05) is 13.3 Å². The predicted octanol–water partition coefficient (Wildman–Crippen LogP) is -1.55. The van der Waals surface area contributed by atoms with E-state index in [1.165, 1.54) is 0 Å². The summed E-state index contributed by atoms with van der Waals surface area (Å²) in [5.41, 5.74) is 4.59. The van der Waals surface area contributed by atoms with Gasteiger partial charge in [-0.25, -0.2) is 9.78 Å². The fraction of sp³-hybridized carbons (Fsp3) is 0.600. The Kier molecular flexibility index (Phi) is 3.60. The topological polar surface area (TPSA) is 123 Å². The molecule has 1 fully saturated rings. The number of aromatic nitrogens is 3. The van der Waals surface area contributed by atoms with E-state index in [-0.39, 0.29) is 5.95 Å². The van der Waals surface area contributed by atoms with Crippen LogP contribution in [0.25, 0.3) is 0 Å². The lowest BCUT2D eigenvalue weighted by Gasteiger charge is -2.16. The third-order valence-electron chi connectivity index (χ3n) is 2.82. The maximum atomic E-state index is 11.6. The Labute approximate surface area is 103 Å². The summed E-state index contributed by atoms with van der Waals surface area (Å²) in [5, 5.41) is 19.7. The minimum absolute atomic E-state index is 0.150. The molecule has 1 aliphatic rings. The maximum absolute atomic E-state index is 11.6. The molecule has 0 bridgehead atoms. The van der Waals surface area contributed by atoms with Crippen molar-refractivity contribution in [1.29, 1.82) is 0 Å². The van der Waals surface area contributed by atoms with E-state index in [9.17, 15) is 15.0 Å². The average molecular weight is 255 g/mol. The number of hydrogen-bond acceptors (Lipinski definition) is 7. The van der Waals surface area contributed by atoms with Crippen LogP contribution in [-0.4, -0.2) is 43.1 Å².